The normalized spacial score (nSPS) is 15.9. The summed E-state index contributed by atoms with van der Waals surface area (Å²) in [5.41, 5.74) is 6.34. The van der Waals surface area contributed by atoms with E-state index in [1.807, 2.05) is 69.3 Å². The molecular formula is C35H37N3O5. The molecule has 0 radical (unpaired) electrons. The van der Waals surface area contributed by atoms with Crippen LogP contribution >= 0.6 is 0 Å². The Morgan fingerprint density at radius 1 is 1.00 bits per heavy atom. The topological polar surface area (TPSA) is 89.9 Å². The number of hydroxylamine groups is 1. The van der Waals surface area contributed by atoms with Gasteiger partial charge in [-0.05, 0) is 95.6 Å². The van der Waals surface area contributed by atoms with Crippen LogP contribution in [0.4, 0.5) is 0 Å². The second-order valence-corrected chi connectivity index (χ2v) is 11.8. The van der Waals surface area contributed by atoms with Crippen molar-refractivity contribution < 1.29 is 24.0 Å². The molecule has 1 N–H and O–H groups in total. The molecular weight excluding hydrogens is 542 g/mol. The minimum absolute atomic E-state index is 0.0566. The summed E-state index contributed by atoms with van der Waals surface area (Å²) in [6, 6.07) is 16.9. The molecule has 0 unspecified atom stereocenters. The van der Waals surface area contributed by atoms with Crippen LogP contribution in [0, 0.1) is 6.92 Å². The lowest BCUT2D eigenvalue weighted by atomic mass is 9.97. The van der Waals surface area contributed by atoms with Crippen LogP contribution in [0.2, 0.25) is 0 Å². The number of aryl methyl sites for hydroxylation is 2. The molecule has 3 heterocycles. The van der Waals surface area contributed by atoms with Crippen molar-refractivity contribution in [3.63, 3.8) is 0 Å². The average molecular weight is 580 g/mol. The molecule has 8 heteroatoms. The number of benzene rings is 3. The Hall–Kier alpha value is -4.43. The minimum atomic E-state index is -0.822. The highest BCUT2D eigenvalue weighted by Gasteiger charge is 2.38. The summed E-state index contributed by atoms with van der Waals surface area (Å²) < 4.78 is 8.37. The van der Waals surface area contributed by atoms with Gasteiger partial charge >= 0.3 is 5.97 Å². The zero-order valence-electron chi connectivity index (χ0n) is 25.2. The third-order valence-electron chi connectivity index (χ3n) is 8.86. The van der Waals surface area contributed by atoms with Crippen molar-refractivity contribution in [2.45, 2.75) is 59.0 Å². The first kappa shape index (κ1) is 28.7. The molecule has 0 aliphatic carbocycles. The molecule has 1 fully saturated rings. The molecule has 0 bridgehead atoms. The largest absolute Gasteiger partial charge is 0.488 e. The Morgan fingerprint density at radius 3 is 2.49 bits per heavy atom. The molecule has 0 spiro atoms. The number of ether oxygens (including phenoxy) is 1. The van der Waals surface area contributed by atoms with Gasteiger partial charge in [-0.3, -0.25) is 14.5 Å². The molecule has 0 atom stereocenters. The van der Waals surface area contributed by atoms with Gasteiger partial charge in [0.25, 0.3) is 0 Å². The quantitative estimate of drug-likeness (QED) is 0.208. The van der Waals surface area contributed by atoms with E-state index in [0.717, 1.165) is 59.7 Å². The van der Waals surface area contributed by atoms with Gasteiger partial charge in [-0.25, -0.2) is 10.3 Å². The Morgan fingerprint density at radius 2 is 1.74 bits per heavy atom. The molecule has 8 nitrogen and oxygen atoms in total. The van der Waals surface area contributed by atoms with Gasteiger partial charge in [-0.2, -0.15) is 0 Å². The highest BCUT2D eigenvalue weighted by atomic mass is 16.7. The maximum atomic E-state index is 13.8. The number of nitrogens with zero attached hydrogens (tertiary/aromatic N) is 2. The van der Waals surface area contributed by atoms with E-state index in [4.69, 9.17) is 9.57 Å². The summed E-state index contributed by atoms with van der Waals surface area (Å²) in [6.07, 6.45) is 4.86. The zero-order valence-corrected chi connectivity index (χ0v) is 25.2. The number of likely N-dealkylation sites (tertiary alicyclic amines) is 1. The van der Waals surface area contributed by atoms with Gasteiger partial charge in [0.15, 0.2) is 5.78 Å². The van der Waals surface area contributed by atoms with Crippen molar-refractivity contribution in [2.75, 3.05) is 19.7 Å². The highest BCUT2D eigenvalue weighted by molar-refractivity contribution is 6.20. The molecule has 1 aromatic heterocycles. The van der Waals surface area contributed by atoms with Crippen molar-refractivity contribution in [1.82, 2.24) is 14.9 Å². The van der Waals surface area contributed by atoms with Crippen LogP contribution in [-0.2, 0) is 16.2 Å². The monoisotopic (exact) mass is 579 g/mol. The van der Waals surface area contributed by atoms with Crippen molar-refractivity contribution in [3.8, 4) is 5.75 Å². The molecule has 6 rings (SSSR count). The Labute approximate surface area is 251 Å². The van der Waals surface area contributed by atoms with Crippen LogP contribution in [0.5, 0.6) is 5.75 Å². The van der Waals surface area contributed by atoms with E-state index in [-0.39, 0.29) is 23.9 Å². The number of Topliss-reactive ketones (excluding diaryl/α,β-unsaturated/α-hetero) is 1. The van der Waals surface area contributed by atoms with E-state index in [1.54, 1.807) is 12.1 Å². The molecule has 3 aromatic carbocycles. The standard InChI is InChI=1S/C35H37N3O5/c1-5-38-28-15-13-23(31(39)24-12-8-7-11-22(24)2)21-26(28)30-29(38)16-14-25-32(40)27(17-20-42-33(25)30)36-43-34(41)35(3,4)37-18-9-6-10-19-37/h7-8,11-17,21,36H,5-6,9-10,18-20H2,1-4H3. The smallest absolute Gasteiger partial charge is 0.351 e. The van der Waals surface area contributed by atoms with E-state index in [0.29, 0.717) is 29.0 Å². The summed E-state index contributed by atoms with van der Waals surface area (Å²) in [7, 11) is 0. The molecule has 0 amide bonds. The number of rotatable bonds is 7. The van der Waals surface area contributed by atoms with Crippen molar-refractivity contribution in [2.24, 2.45) is 0 Å². The van der Waals surface area contributed by atoms with Crippen molar-refractivity contribution in [1.29, 1.82) is 0 Å². The number of hydrogen-bond acceptors (Lipinski definition) is 7. The van der Waals surface area contributed by atoms with E-state index < -0.39 is 11.5 Å². The molecule has 4 aromatic rings. The first-order chi connectivity index (χ1) is 20.7. The third kappa shape index (κ3) is 4.99. The molecule has 2 aliphatic rings. The predicted octanol–water partition coefficient (Wildman–Crippen LogP) is 6.13. The Kier molecular flexibility index (Phi) is 7.56. The highest BCUT2D eigenvalue weighted by Crippen LogP contribution is 2.40. The number of aromatic nitrogens is 1. The third-order valence-corrected chi connectivity index (χ3v) is 8.86. The summed E-state index contributed by atoms with van der Waals surface area (Å²) in [4.78, 5) is 48.0. The van der Waals surface area contributed by atoms with Gasteiger partial charge in [0.05, 0.1) is 16.5 Å². The summed E-state index contributed by atoms with van der Waals surface area (Å²) in [5.74, 6) is -0.379. The Balaban J connectivity index is 1.34. The number of allylic oxidation sites excluding steroid dienone is 1. The fourth-order valence-electron chi connectivity index (χ4n) is 6.30. The lowest BCUT2D eigenvalue weighted by molar-refractivity contribution is -0.163. The first-order valence-corrected chi connectivity index (χ1v) is 15.0. The van der Waals surface area contributed by atoms with E-state index in [2.05, 4.69) is 21.9 Å². The molecule has 43 heavy (non-hydrogen) atoms. The van der Waals surface area contributed by atoms with Gasteiger partial charge in [0, 0.05) is 28.6 Å². The molecule has 222 valence electrons. The predicted molar refractivity (Wildman–Crippen MR) is 166 cm³/mol. The van der Waals surface area contributed by atoms with Crippen LogP contribution in [0.3, 0.4) is 0 Å². The first-order valence-electron chi connectivity index (χ1n) is 15.0. The van der Waals surface area contributed by atoms with Crippen LogP contribution in [0.1, 0.15) is 71.9 Å². The lowest BCUT2D eigenvalue weighted by Gasteiger charge is -2.38. The number of hydrogen-bond donors (Lipinski definition) is 1. The average Bonchev–Trinajstić information content (AvgIpc) is 3.26. The maximum absolute atomic E-state index is 13.8. The minimum Gasteiger partial charge on any atom is -0.488 e. The lowest BCUT2D eigenvalue weighted by Crippen LogP contribution is -2.53. The van der Waals surface area contributed by atoms with E-state index in [9.17, 15) is 14.4 Å². The molecule has 1 saturated heterocycles. The van der Waals surface area contributed by atoms with E-state index in [1.165, 1.54) is 0 Å². The number of carbonyl (C=O) groups is 3. The summed E-state index contributed by atoms with van der Waals surface area (Å²) >= 11 is 0. The van der Waals surface area contributed by atoms with Crippen molar-refractivity contribution in [3.05, 3.63) is 88.6 Å². The second kappa shape index (κ2) is 11.3. The van der Waals surface area contributed by atoms with Gasteiger partial charge in [0.1, 0.15) is 23.6 Å². The summed E-state index contributed by atoms with van der Waals surface area (Å²) in [5, 5.41) is 1.62. The maximum Gasteiger partial charge on any atom is 0.351 e. The SMILES string of the molecule is CCn1c2ccc(C(=O)c3ccccc3C)cc2c2c3c(ccc21)C(=O)C(NOC(=O)C(C)(C)N1CCCCC1)=CCO3. The summed E-state index contributed by atoms with van der Waals surface area (Å²) in [6.45, 7) is 10.2. The van der Waals surface area contributed by atoms with Crippen LogP contribution in [0.15, 0.2) is 66.4 Å². The number of nitrogens with one attached hydrogen (secondary N) is 1. The van der Waals surface area contributed by atoms with Gasteiger partial charge in [0.2, 0.25) is 5.78 Å². The fraction of sp³-hybridized carbons (Fsp3) is 0.343. The van der Waals surface area contributed by atoms with Gasteiger partial charge in [-0.15, -0.1) is 0 Å². The molecule has 0 saturated carbocycles. The number of carbonyl (C=O) groups excluding carboxylic acids is 3. The van der Waals surface area contributed by atoms with Crippen LogP contribution < -0.4 is 10.2 Å². The number of ketones is 2. The van der Waals surface area contributed by atoms with Crippen LogP contribution in [-0.4, -0.2) is 52.2 Å². The number of piperidine rings is 1. The Bertz CT molecular complexity index is 1790. The molecule has 2 aliphatic heterocycles. The second-order valence-electron chi connectivity index (χ2n) is 11.8. The van der Waals surface area contributed by atoms with Gasteiger partial charge in [-0.1, -0.05) is 30.7 Å². The number of fused-ring (bicyclic) bond motifs is 5. The van der Waals surface area contributed by atoms with Crippen LogP contribution in [0.25, 0.3) is 21.8 Å². The zero-order chi connectivity index (χ0) is 30.3. The fourth-order valence-corrected chi connectivity index (χ4v) is 6.30. The van der Waals surface area contributed by atoms with Gasteiger partial charge < -0.3 is 14.1 Å². The van der Waals surface area contributed by atoms with E-state index >= 15 is 0 Å². The van der Waals surface area contributed by atoms with Crippen molar-refractivity contribution >= 4 is 39.3 Å².